The van der Waals surface area contributed by atoms with Crippen LogP contribution in [0.5, 0.6) is 0 Å². The zero-order chi connectivity index (χ0) is 19.4. The highest BCUT2D eigenvalue weighted by molar-refractivity contribution is 6.15. The number of nitrogens with one attached hydrogen (secondary N) is 3. The largest absolute Gasteiger partial charge is 0.351 e. The molecule has 2 amide bonds. The lowest BCUT2D eigenvalue weighted by Crippen LogP contribution is -2.27. The minimum absolute atomic E-state index is 0.215. The molecule has 0 aliphatic carbocycles. The van der Waals surface area contributed by atoms with E-state index in [1.54, 1.807) is 12.1 Å². The zero-order valence-electron chi connectivity index (χ0n) is 15.9. The van der Waals surface area contributed by atoms with Gasteiger partial charge >= 0.3 is 0 Å². The molecule has 27 heavy (non-hydrogen) atoms. The van der Waals surface area contributed by atoms with E-state index >= 15 is 0 Å². The number of aryl methyl sites for hydroxylation is 1. The zero-order valence-corrected chi connectivity index (χ0v) is 15.9. The third-order valence-electron chi connectivity index (χ3n) is 4.46. The molecule has 0 saturated carbocycles. The van der Waals surface area contributed by atoms with Crippen molar-refractivity contribution in [2.75, 3.05) is 11.9 Å². The van der Waals surface area contributed by atoms with Gasteiger partial charge < -0.3 is 15.6 Å². The Bertz CT molecular complexity index is 958. The molecule has 0 spiro atoms. The normalized spacial score (nSPS) is 11.0. The van der Waals surface area contributed by atoms with E-state index in [9.17, 15) is 9.59 Å². The minimum atomic E-state index is -0.241. The van der Waals surface area contributed by atoms with Crippen LogP contribution in [-0.2, 0) is 0 Å². The van der Waals surface area contributed by atoms with Gasteiger partial charge in [0.2, 0.25) is 0 Å². The first-order valence-electron chi connectivity index (χ1n) is 9.22. The van der Waals surface area contributed by atoms with Gasteiger partial charge in [-0.3, -0.25) is 9.59 Å². The van der Waals surface area contributed by atoms with Gasteiger partial charge in [-0.25, -0.2) is 0 Å². The first kappa shape index (κ1) is 18.7. The summed E-state index contributed by atoms with van der Waals surface area (Å²) in [4.78, 5) is 28.5. The monoisotopic (exact) mass is 363 g/mol. The fourth-order valence-electron chi connectivity index (χ4n) is 2.94. The van der Waals surface area contributed by atoms with Crippen molar-refractivity contribution in [3.05, 3.63) is 65.4 Å². The molecule has 3 aromatic rings. The molecule has 0 radical (unpaired) electrons. The van der Waals surface area contributed by atoms with Crippen molar-refractivity contribution in [3.63, 3.8) is 0 Å². The molecule has 0 atom stereocenters. The molecule has 140 valence electrons. The molecular weight excluding hydrogens is 338 g/mol. The first-order valence-corrected chi connectivity index (χ1v) is 9.22. The van der Waals surface area contributed by atoms with Gasteiger partial charge in [-0.2, -0.15) is 0 Å². The predicted octanol–water partition coefficient (Wildman–Crippen LogP) is 4.50. The highest BCUT2D eigenvalue weighted by Crippen LogP contribution is 2.29. The number of amides is 2. The second-order valence-corrected chi connectivity index (χ2v) is 7.18. The molecule has 2 aromatic carbocycles. The van der Waals surface area contributed by atoms with Gasteiger partial charge in [-0.05, 0) is 43.5 Å². The average molecular weight is 363 g/mol. The Hall–Kier alpha value is -3.08. The highest BCUT2D eigenvalue weighted by Gasteiger charge is 2.20. The van der Waals surface area contributed by atoms with E-state index in [4.69, 9.17) is 0 Å². The lowest BCUT2D eigenvalue weighted by atomic mass is 10.1. The molecule has 3 rings (SSSR count). The maximum Gasteiger partial charge on any atom is 0.269 e. The summed E-state index contributed by atoms with van der Waals surface area (Å²) in [7, 11) is 0. The van der Waals surface area contributed by atoms with Gasteiger partial charge in [0, 0.05) is 23.0 Å². The van der Waals surface area contributed by atoms with Crippen LogP contribution in [0.15, 0.2) is 48.5 Å². The number of fused-ring (bicyclic) bond motifs is 1. The Kier molecular flexibility index (Phi) is 5.60. The summed E-state index contributed by atoms with van der Waals surface area (Å²) in [5.41, 5.74) is 3.32. The molecule has 1 aromatic heterocycles. The van der Waals surface area contributed by atoms with Crippen molar-refractivity contribution in [3.8, 4) is 0 Å². The number of aromatic amines is 1. The number of hydrogen-bond donors (Lipinski definition) is 3. The summed E-state index contributed by atoms with van der Waals surface area (Å²) in [6.45, 7) is 6.81. The van der Waals surface area contributed by atoms with Crippen molar-refractivity contribution < 1.29 is 9.59 Å². The molecule has 0 fully saturated rings. The Morgan fingerprint density at radius 3 is 2.48 bits per heavy atom. The van der Waals surface area contributed by atoms with E-state index in [1.165, 1.54) is 0 Å². The number of H-pyrrole nitrogens is 1. The fraction of sp³-hybridized carbons (Fsp3) is 0.273. The second kappa shape index (κ2) is 8.08. The van der Waals surface area contributed by atoms with Gasteiger partial charge in [0.25, 0.3) is 11.8 Å². The number of benzene rings is 2. The summed E-state index contributed by atoms with van der Waals surface area (Å²) in [5, 5.41) is 6.69. The van der Waals surface area contributed by atoms with E-state index in [-0.39, 0.29) is 11.8 Å². The van der Waals surface area contributed by atoms with E-state index in [0.717, 1.165) is 22.9 Å². The minimum Gasteiger partial charge on any atom is -0.351 e. The molecule has 5 heteroatoms. The summed E-state index contributed by atoms with van der Waals surface area (Å²) >= 11 is 0. The molecule has 0 bridgehead atoms. The summed E-state index contributed by atoms with van der Waals surface area (Å²) in [6, 6.07) is 14.9. The van der Waals surface area contributed by atoms with Gasteiger partial charge in [0.05, 0.1) is 5.69 Å². The second-order valence-electron chi connectivity index (χ2n) is 7.18. The third kappa shape index (κ3) is 4.37. The Morgan fingerprint density at radius 1 is 1.04 bits per heavy atom. The van der Waals surface area contributed by atoms with Crippen LogP contribution >= 0.6 is 0 Å². The standard InChI is InChI=1S/C22H25N3O2/c1-14(2)11-12-23-22(27)20-19(17-13-15(3)9-10-18(17)24-20)25-21(26)16-7-5-4-6-8-16/h4-10,13-14,24H,11-12H2,1-3H3,(H,23,27)(H,25,26). The van der Waals surface area contributed by atoms with Crippen LogP contribution in [-0.4, -0.2) is 23.3 Å². The maximum atomic E-state index is 12.7. The lowest BCUT2D eigenvalue weighted by molar-refractivity contribution is 0.0948. The Labute approximate surface area is 159 Å². The van der Waals surface area contributed by atoms with Crippen molar-refractivity contribution in [2.24, 2.45) is 5.92 Å². The average Bonchev–Trinajstić information content (AvgIpc) is 3.00. The highest BCUT2D eigenvalue weighted by atomic mass is 16.2. The molecule has 0 unspecified atom stereocenters. The number of anilines is 1. The number of rotatable bonds is 6. The van der Waals surface area contributed by atoms with Crippen LogP contribution in [0.25, 0.3) is 10.9 Å². The number of carbonyl (C=O) groups is 2. The smallest absolute Gasteiger partial charge is 0.269 e. The Balaban J connectivity index is 1.94. The molecule has 0 aliphatic heterocycles. The summed E-state index contributed by atoms with van der Waals surface area (Å²) in [5.74, 6) is 0.0509. The first-order chi connectivity index (χ1) is 13.0. The molecule has 0 aliphatic rings. The van der Waals surface area contributed by atoms with Gasteiger partial charge in [0.1, 0.15) is 5.69 Å². The topological polar surface area (TPSA) is 74.0 Å². The SMILES string of the molecule is Cc1ccc2[nH]c(C(=O)NCCC(C)C)c(NC(=O)c3ccccc3)c2c1. The molecular formula is C22H25N3O2. The van der Waals surface area contributed by atoms with E-state index in [2.05, 4.69) is 29.5 Å². The van der Waals surface area contributed by atoms with Gasteiger partial charge in [-0.1, -0.05) is 43.7 Å². The van der Waals surface area contributed by atoms with Crippen LogP contribution < -0.4 is 10.6 Å². The van der Waals surface area contributed by atoms with Crippen molar-refractivity contribution in [2.45, 2.75) is 27.2 Å². The lowest BCUT2D eigenvalue weighted by Gasteiger charge is -2.09. The van der Waals surface area contributed by atoms with Gasteiger partial charge in [0.15, 0.2) is 0 Å². The van der Waals surface area contributed by atoms with E-state index in [0.29, 0.717) is 29.4 Å². The van der Waals surface area contributed by atoms with Crippen LogP contribution in [0, 0.1) is 12.8 Å². The molecule has 3 N–H and O–H groups in total. The molecule has 5 nitrogen and oxygen atoms in total. The number of aromatic nitrogens is 1. The van der Waals surface area contributed by atoms with Crippen LogP contribution in [0.4, 0.5) is 5.69 Å². The number of hydrogen-bond acceptors (Lipinski definition) is 2. The van der Waals surface area contributed by atoms with Gasteiger partial charge in [-0.15, -0.1) is 0 Å². The quantitative estimate of drug-likeness (QED) is 0.603. The Morgan fingerprint density at radius 2 is 1.78 bits per heavy atom. The predicted molar refractivity (Wildman–Crippen MR) is 109 cm³/mol. The summed E-state index contributed by atoms with van der Waals surface area (Å²) < 4.78 is 0. The van der Waals surface area contributed by atoms with E-state index < -0.39 is 0 Å². The summed E-state index contributed by atoms with van der Waals surface area (Å²) in [6.07, 6.45) is 0.900. The van der Waals surface area contributed by atoms with Crippen molar-refractivity contribution in [1.29, 1.82) is 0 Å². The van der Waals surface area contributed by atoms with Crippen LogP contribution in [0.2, 0.25) is 0 Å². The molecule has 1 heterocycles. The maximum absolute atomic E-state index is 12.7. The van der Waals surface area contributed by atoms with Crippen LogP contribution in [0.3, 0.4) is 0 Å². The third-order valence-corrected chi connectivity index (χ3v) is 4.46. The van der Waals surface area contributed by atoms with E-state index in [1.807, 2.05) is 43.3 Å². The van der Waals surface area contributed by atoms with Crippen molar-refractivity contribution >= 4 is 28.4 Å². The number of carbonyl (C=O) groups excluding carboxylic acids is 2. The van der Waals surface area contributed by atoms with Crippen LogP contribution in [0.1, 0.15) is 46.7 Å². The van der Waals surface area contributed by atoms with Crippen molar-refractivity contribution in [1.82, 2.24) is 10.3 Å². The fourth-order valence-corrected chi connectivity index (χ4v) is 2.94. The molecule has 0 saturated heterocycles.